The van der Waals surface area contributed by atoms with Crippen molar-refractivity contribution in [3.63, 3.8) is 0 Å². The number of aliphatic carboxylic acids is 1. The normalized spacial score (nSPS) is 19.3. The average Bonchev–Trinajstić information content (AvgIpc) is 2.45. The summed E-state index contributed by atoms with van der Waals surface area (Å²) in [4.78, 5) is 25.3. The summed E-state index contributed by atoms with van der Waals surface area (Å²) in [5.41, 5.74) is 0. The van der Waals surface area contributed by atoms with Crippen LogP contribution in [0, 0.1) is 5.92 Å². The van der Waals surface area contributed by atoms with E-state index in [0.29, 0.717) is 6.42 Å². The van der Waals surface area contributed by atoms with Gasteiger partial charge in [-0.1, -0.05) is 26.7 Å². The summed E-state index contributed by atoms with van der Waals surface area (Å²) < 4.78 is 0. The maximum Gasteiger partial charge on any atom is 0.326 e. The van der Waals surface area contributed by atoms with Crippen LogP contribution in [0.2, 0.25) is 0 Å². The SMILES string of the molecule is CCC(C)C(NC(=O)CCCN1CCCCC1)C(=O)O. The van der Waals surface area contributed by atoms with Crippen LogP contribution in [0.5, 0.6) is 0 Å². The highest BCUT2D eigenvalue weighted by Gasteiger charge is 2.25. The van der Waals surface area contributed by atoms with E-state index in [0.717, 1.165) is 32.5 Å². The van der Waals surface area contributed by atoms with Crippen LogP contribution in [0.1, 0.15) is 52.4 Å². The van der Waals surface area contributed by atoms with Crippen molar-refractivity contribution >= 4 is 11.9 Å². The average molecular weight is 284 g/mol. The number of carbonyl (C=O) groups excluding carboxylic acids is 1. The van der Waals surface area contributed by atoms with Crippen LogP contribution in [0.25, 0.3) is 0 Å². The van der Waals surface area contributed by atoms with E-state index in [-0.39, 0.29) is 11.8 Å². The number of piperidine rings is 1. The monoisotopic (exact) mass is 284 g/mol. The van der Waals surface area contributed by atoms with Gasteiger partial charge in [-0.15, -0.1) is 0 Å². The molecule has 0 bridgehead atoms. The molecular formula is C15H28N2O3. The molecule has 1 saturated heterocycles. The van der Waals surface area contributed by atoms with Crippen LogP contribution in [0.15, 0.2) is 0 Å². The number of carbonyl (C=O) groups is 2. The molecule has 2 N–H and O–H groups in total. The van der Waals surface area contributed by atoms with E-state index in [1.807, 2.05) is 13.8 Å². The standard InChI is InChI=1S/C15H28N2O3/c1-3-12(2)14(15(19)20)16-13(18)8-7-11-17-9-5-4-6-10-17/h12,14H,3-11H2,1-2H3,(H,16,18)(H,19,20). The minimum absolute atomic E-state index is 0.0430. The number of carboxylic acids is 1. The summed E-state index contributed by atoms with van der Waals surface area (Å²) in [5, 5.41) is 11.8. The molecule has 2 atom stereocenters. The quantitative estimate of drug-likeness (QED) is 0.714. The number of likely N-dealkylation sites (tertiary alicyclic amines) is 1. The van der Waals surface area contributed by atoms with Crippen LogP contribution < -0.4 is 5.32 Å². The van der Waals surface area contributed by atoms with Crippen molar-refractivity contribution in [3.05, 3.63) is 0 Å². The fraction of sp³-hybridized carbons (Fsp3) is 0.867. The molecule has 0 radical (unpaired) electrons. The fourth-order valence-corrected chi connectivity index (χ4v) is 2.57. The zero-order valence-corrected chi connectivity index (χ0v) is 12.7. The Morgan fingerprint density at radius 1 is 1.25 bits per heavy atom. The van der Waals surface area contributed by atoms with E-state index in [9.17, 15) is 9.59 Å². The topological polar surface area (TPSA) is 69.6 Å². The Labute approximate surface area is 121 Å². The number of carboxylic acid groups (broad SMARTS) is 1. The van der Waals surface area contributed by atoms with E-state index < -0.39 is 12.0 Å². The second kappa shape index (κ2) is 8.95. The zero-order chi connectivity index (χ0) is 15.0. The van der Waals surface area contributed by atoms with Crippen LogP contribution in [0.4, 0.5) is 0 Å². The minimum Gasteiger partial charge on any atom is -0.480 e. The Kier molecular flexibility index (Phi) is 7.59. The third-order valence-electron chi connectivity index (χ3n) is 4.12. The van der Waals surface area contributed by atoms with Crippen LogP contribution in [0.3, 0.4) is 0 Å². The third kappa shape index (κ3) is 5.90. The molecule has 0 aromatic heterocycles. The molecule has 1 aliphatic heterocycles. The van der Waals surface area contributed by atoms with Gasteiger partial charge in [-0.05, 0) is 44.8 Å². The van der Waals surface area contributed by atoms with Crippen molar-refractivity contribution in [2.75, 3.05) is 19.6 Å². The summed E-state index contributed by atoms with van der Waals surface area (Å²) in [7, 11) is 0. The molecule has 1 amide bonds. The fourth-order valence-electron chi connectivity index (χ4n) is 2.57. The summed E-state index contributed by atoms with van der Waals surface area (Å²) in [5.74, 6) is -1.13. The Bertz CT molecular complexity index is 314. The Hall–Kier alpha value is -1.10. The molecule has 116 valence electrons. The van der Waals surface area contributed by atoms with Gasteiger partial charge in [0.2, 0.25) is 5.91 Å². The first kappa shape index (κ1) is 17.0. The number of amides is 1. The Morgan fingerprint density at radius 3 is 2.45 bits per heavy atom. The van der Waals surface area contributed by atoms with E-state index in [4.69, 9.17) is 5.11 Å². The van der Waals surface area contributed by atoms with Crippen LogP contribution >= 0.6 is 0 Å². The molecule has 0 spiro atoms. The molecule has 1 aliphatic rings. The molecule has 0 aromatic carbocycles. The number of rotatable bonds is 8. The number of hydrogen-bond acceptors (Lipinski definition) is 3. The lowest BCUT2D eigenvalue weighted by Gasteiger charge is -2.26. The molecule has 5 heteroatoms. The first-order valence-corrected chi connectivity index (χ1v) is 7.79. The Morgan fingerprint density at radius 2 is 1.90 bits per heavy atom. The van der Waals surface area contributed by atoms with Gasteiger partial charge in [0.15, 0.2) is 0 Å². The molecule has 20 heavy (non-hydrogen) atoms. The lowest BCUT2D eigenvalue weighted by molar-refractivity contribution is -0.143. The van der Waals surface area contributed by atoms with Gasteiger partial charge in [0.25, 0.3) is 0 Å². The van der Waals surface area contributed by atoms with Crippen molar-refractivity contribution in [2.45, 2.75) is 58.4 Å². The first-order valence-electron chi connectivity index (χ1n) is 7.79. The van der Waals surface area contributed by atoms with Gasteiger partial charge in [-0.3, -0.25) is 4.79 Å². The van der Waals surface area contributed by atoms with E-state index >= 15 is 0 Å². The minimum atomic E-state index is -0.941. The zero-order valence-electron chi connectivity index (χ0n) is 12.7. The molecule has 2 unspecified atom stereocenters. The van der Waals surface area contributed by atoms with Crippen LogP contribution in [-0.2, 0) is 9.59 Å². The number of nitrogens with one attached hydrogen (secondary N) is 1. The number of hydrogen-bond donors (Lipinski definition) is 2. The highest BCUT2D eigenvalue weighted by Crippen LogP contribution is 2.10. The van der Waals surface area contributed by atoms with Gasteiger partial charge in [-0.25, -0.2) is 4.79 Å². The molecule has 0 aliphatic carbocycles. The van der Waals surface area contributed by atoms with Gasteiger partial charge in [0, 0.05) is 6.42 Å². The second-order valence-corrected chi connectivity index (χ2v) is 5.77. The predicted molar refractivity (Wildman–Crippen MR) is 78.5 cm³/mol. The van der Waals surface area contributed by atoms with Crippen molar-refractivity contribution in [3.8, 4) is 0 Å². The molecule has 5 nitrogen and oxygen atoms in total. The lowest BCUT2D eigenvalue weighted by atomic mass is 9.99. The lowest BCUT2D eigenvalue weighted by Crippen LogP contribution is -2.45. The summed E-state index contributed by atoms with van der Waals surface area (Å²) in [6.45, 7) is 6.99. The molecule has 1 fully saturated rings. The van der Waals surface area contributed by atoms with Gasteiger partial charge in [0.05, 0.1) is 0 Å². The van der Waals surface area contributed by atoms with Crippen molar-refractivity contribution in [2.24, 2.45) is 5.92 Å². The molecule has 0 aromatic rings. The number of nitrogens with zero attached hydrogens (tertiary/aromatic N) is 1. The van der Waals surface area contributed by atoms with Gasteiger partial charge in [-0.2, -0.15) is 0 Å². The first-order chi connectivity index (χ1) is 9.54. The van der Waals surface area contributed by atoms with Gasteiger partial charge >= 0.3 is 5.97 Å². The summed E-state index contributed by atoms with van der Waals surface area (Å²) in [6, 6.07) is -0.762. The Balaban J connectivity index is 2.25. The van der Waals surface area contributed by atoms with Crippen molar-refractivity contribution in [1.29, 1.82) is 0 Å². The third-order valence-corrected chi connectivity index (χ3v) is 4.12. The van der Waals surface area contributed by atoms with E-state index in [1.165, 1.54) is 19.3 Å². The maximum absolute atomic E-state index is 11.8. The molecule has 1 heterocycles. The van der Waals surface area contributed by atoms with E-state index in [1.54, 1.807) is 0 Å². The summed E-state index contributed by atoms with van der Waals surface area (Å²) >= 11 is 0. The van der Waals surface area contributed by atoms with Gasteiger partial charge < -0.3 is 15.3 Å². The van der Waals surface area contributed by atoms with Crippen LogP contribution in [-0.4, -0.2) is 47.6 Å². The highest BCUT2D eigenvalue weighted by molar-refractivity contribution is 5.83. The second-order valence-electron chi connectivity index (χ2n) is 5.77. The van der Waals surface area contributed by atoms with E-state index in [2.05, 4.69) is 10.2 Å². The molecule has 0 saturated carbocycles. The smallest absolute Gasteiger partial charge is 0.326 e. The van der Waals surface area contributed by atoms with Gasteiger partial charge in [0.1, 0.15) is 6.04 Å². The molecular weight excluding hydrogens is 256 g/mol. The van der Waals surface area contributed by atoms with Crippen molar-refractivity contribution < 1.29 is 14.7 Å². The highest BCUT2D eigenvalue weighted by atomic mass is 16.4. The maximum atomic E-state index is 11.8. The summed E-state index contributed by atoms with van der Waals surface area (Å²) in [6.07, 6.45) is 5.77. The van der Waals surface area contributed by atoms with Crippen molar-refractivity contribution in [1.82, 2.24) is 10.2 Å². The molecule has 1 rings (SSSR count). The largest absolute Gasteiger partial charge is 0.480 e. The predicted octanol–water partition coefficient (Wildman–Crippen LogP) is 1.87.